The third kappa shape index (κ3) is 2.75. The minimum absolute atomic E-state index is 0.795. The molecule has 0 bridgehead atoms. The van der Waals surface area contributed by atoms with Gasteiger partial charge in [-0.1, -0.05) is 12.1 Å². The van der Waals surface area contributed by atoms with E-state index in [1.165, 1.54) is 11.1 Å². The molecule has 0 spiro atoms. The highest BCUT2D eigenvalue weighted by Crippen LogP contribution is 2.22. The summed E-state index contributed by atoms with van der Waals surface area (Å²) in [6.07, 6.45) is 3.67. The molecule has 0 aliphatic carbocycles. The van der Waals surface area contributed by atoms with E-state index >= 15 is 0 Å². The van der Waals surface area contributed by atoms with Crippen LogP contribution in [0.4, 0.5) is 11.4 Å². The zero-order valence-corrected chi connectivity index (χ0v) is 10.2. The highest BCUT2D eigenvalue weighted by Gasteiger charge is 2.05. The van der Waals surface area contributed by atoms with E-state index in [0.717, 1.165) is 17.9 Å². The van der Waals surface area contributed by atoms with Crippen LogP contribution in [0.25, 0.3) is 0 Å². The predicted molar refractivity (Wildman–Crippen MR) is 71.9 cm³/mol. The fraction of sp³-hybridized carbons (Fsp3) is 0.214. The SMILES string of the molecule is Cc1ccc(N)cc1N(C)Cc1cccnc1. The topological polar surface area (TPSA) is 42.1 Å². The highest BCUT2D eigenvalue weighted by atomic mass is 15.1. The summed E-state index contributed by atoms with van der Waals surface area (Å²) in [5, 5.41) is 0. The minimum atomic E-state index is 0.795. The van der Waals surface area contributed by atoms with Crippen molar-refractivity contribution >= 4 is 11.4 Å². The number of anilines is 2. The molecular weight excluding hydrogens is 210 g/mol. The molecule has 3 nitrogen and oxygen atoms in total. The molecule has 0 saturated heterocycles. The second-order valence-electron chi connectivity index (χ2n) is 4.26. The Bertz CT molecular complexity index is 494. The molecule has 0 aliphatic rings. The molecule has 1 heterocycles. The van der Waals surface area contributed by atoms with Gasteiger partial charge in [0.05, 0.1) is 0 Å². The second-order valence-corrected chi connectivity index (χ2v) is 4.26. The van der Waals surface area contributed by atoms with Crippen molar-refractivity contribution in [2.45, 2.75) is 13.5 Å². The van der Waals surface area contributed by atoms with Crippen LogP contribution < -0.4 is 10.6 Å². The van der Waals surface area contributed by atoms with Gasteiger partial charge >= 0.3 is 0 Å². The second kappa shape index (κ2) is 4.87. The smallest absolute Gasteiger partial charge is 0.0441 e. The lowest BCUT2D eigenvalue weighted by atomic mass is 10.1. The van der Waals surface area contributed by atoms with Crippen molar-refractivity contribution in [3.8, 4) is 0 Å². The Morgan fingerprint density at radius 1 is 1.29 bits per heavy atom. The molecule has 1 aromatic carbocycles. The van der Waals surface area contributed by atoms with E-state index in [0.29, 0.717) is 0 Å². The van der Waals surface area contributed by atoms with Gasteiger partial charge in [-0.25, -0.2) is 0 Å². The van der Waals surface area contributed by atoms with E-state index in [9.17, 15) is 0 Å². The van der Waals surface area contributed by atoms with E-state index in [2.05, 4.69) is 29.9 Å². The number of hydrogen-bond acceptors (Lipinski definition) is 3. The van der Waals surface area contributed by atoms with Gasteiger partial charge < -0.3 is 10.6 Å². The van der Waals surface area contributed by atoms with Gasteiger partial charge in [-0.2, -0.15) is 0 Å². The third-order valence-electron chi connectivity index (χ3n) is 2.79. The lowest BCUT2D eigenvalue weighted by Crippen LogP contribution is -2.17. The first-order valence-electron chi connectivity index (χ1n) is 5.63. The minimum Gasteiger partial charge on any atom is -0.399 e. The van der Waals surface area contributed by atoms with Gasteiger partial charge in [-0.05, 0) is 36.2 Å². The molecule has 88 valence electrons. The van der Waals surface area contributed by atoms with Gasteiger partial charge in [-0.3, -0.25) is 4.98 Å². The van der Waals surface area contributed by atoms with Crippen molar-refractivity contribution in [3.05, 3.63) is 53.9 Å². The van der Waals surface area contributed by atoms with E-state index in [4.69, 9.17) is 5.73 Å². The van der Waals surface area contributed by atoms with Gasteiger partial charge in [0.1, 0.15) is 0 Å². The molecule has 0 unspecified atom stereocenters. The summed E-state index contributed by atoms with van der Waals surface area (Å²) in [6, 6.07) is 10.0. The maximum Gasteiger partial charge on any atom is 0.0441 e. The van der Waals surface area contributed by atoms with Crippen molar-refractivity contribution < 1.29 is 0 Å². The molecule has 2 rings (SSSR count). The Hall–Kier alpha value is -2.03. The fourth-order valence-electron chi connectivity index (χ4n) is 1.89. The maximum atomic E-state index is 5.82. The Kier molecular flexibility index (Phi) is 3.28. The van der Waals surface area contributed by atoms with E-state index in [1.807, 2.05) is 30.5 Å². The Labute approximate surface area is 102 Å². The maximum absolute atomic E-state index is 5.82. The molecular formula is C14H17N3. The first kappa shape index (κ1) is 11.5. The average molecular weight is 227 g/mol. The van der Waals surface area contributed by atoms with Crippen molar-refractivity contribution in [1.29, 1.82) is 0 Å². The number of benzene rings is 1. The lowest BCUT2D eigenvalue weighted by Gasteiger charge is -2.21. The van der Waals surface area contributed by atoms with Gasteiger partial charge in [-0.15, -0.1) is 0 Å². The zero-order valence-electron chi connectivity index (χ0n) is 10.2. The summed E-state index contributed by atoms with van der Waals surface area (Å²) in [7, 11) is 2.06. The van der Waals surface area contributed by atoms with Crippen LogP contribution in [0.2, 0.25) is 0 Å². The van der Waals surface area contributed by atoms with E-state index in [1.54, 1.807) is 6.20 Å². The molecule has 0 atom stereocenters. The molecule has 3 heteroatoms. The zero-order chi connectivity index (χ0) is 12.3. The first-order chi connectivity index (χ1) is 8.16. The summed E-state index contributed by atoms with van der Waals surface area (Å²) in [4.78, 5) is 6.30. The first-order valence-corrected chi connectivity index (χ1v) is 5.63. The van der Waals surface area contributed by atoms with Crippen molar-refractivity contribution in [2.24, 2.45) is 0 Å². The average Bonchev–Trinajstić information content (AvgIpc) is 2.33. The van der Waals surface area contributed by atoms with Gasteiger partial charge in [0.15, 0.2) is 0 Å². The number of aromatic nitrogens is 1. The van der Waals surface area contributed by atoms with Crippen LogP contribution in [0, 0.1) is 6.92 Å². The van der Waals surface area contributed by atoms with Crippen LogP contribution >= 0.6 is 0 Å². The summed E-state index contributed by atoms with van der Waals surface area (Å²) < 4.78 is 0. The van der Waals surface area contributed by atoms with Crippen LogP contribution in [0.15, 0.2) is 42.7 Å². The lowest BCUT2D eigenvalue weighted by molar-refractivity contribution is 0.910. The Balaban J connectivity index is 2.20. The van der Waals surface area contributed by atoms with Crippen LogP contribution in [0.1, 0.15) is 11.1 Å². The number of aryl methyl sites for hydroxylation is 1. The molecule has 0 fully saturated rings. The van der Waals surface area contributed by atoms with E-state index < -0.39 is 0 Å². The third-order valence-corrected chi connectivity index (χ3v) is 2.79. The molecule has 17 heavy (non-hydrogen) atoms. The molecule has 2 N–H and O–H groups in total. The standard InChI is InChI=1S/C14H17N3/c1-11-5-6-13(15)8-14(11)17(2)10-12-4-3-7-16-9-12/h3-9H,10,15H2,1-2H3. The number of hydrogen-bond donors (Lipinski definition) is 1. The summed E-state index contributed by atoms with van der Waals surface area (Å²) in [5.41, 5.74) is 10.2. The van der Waals surface area contributed by atoms with Crippen LogP contribution in [0.3, 0.4) is 0 Å². The van der Waals surface area contributed by atoms with Gasteiger partial charge in [0.25, 0.3) is 0 Å². The Morgan fingerprint density at radius 3 is 2.82 bits per heavy atom. The van der Waals surface area contributed by atoms with Gasteiger partial charge in [0, 0.05) is 37.4 Å². The van der Waals surface area contributed by atoms with Gasteiger partial charge in [0.2, 0.25) is 0 Å². The number of rotatable bonds is 3. The molecule has 0 saturated carbocycles. The quantitative estimate of drug-likeness (QED) is 0.819. The largest absolute Gasteiger partial charge is 0.399 e. The predicted octanol–water partition coefficient (Wildman–Crippen LogP) is 2.61. The monoisotopic (exact) mass is 227 g/mol. The van der Waals surface area contributed by atoms with Crippen molar-refractivity contribution in [3.63, 3.8) is 0 Å². The fourth-order valence-corrected chi connectivity index (χ4v) is 1.89. The molecule has 0 amide bonds. The van der Waals surface area contributed by atoms with Crippen LogP contribution in [-0.2, 0) is 6.54 Å². The summed E-state index contributed by atoms with van der Waals surface area (Å²) in [5.74, 6) is 0. The Morgan fingerprint density at radius 2 is 2.12 bits per heavy atom. The normalized spacial score (nSPS) is 10.2. The van der Waals surface area contributed by atoms with E-state index in [-0.39, 0.29) is 0 Å². The molecule has 2 aromatic rings. The van der Waals surface area contributed by atoms with Crippen LogP contribution in [-0.4, -0.2) is 12.0 Å². The van der Waals surface area contributed by atoms with Crippen molar-refractivity contribution in [1.82, 2.24) is 4.98 Å². The molecule has 0 aliphatic heterocycles. The van der Waals surface area contributed by atoms with Crippen molar-refractivity contribution in [2.75, 3.05) is 17.7 Å². The number of nitrogens with zero attached hydrogens (tertiary/aromatic N) is 2. The summed E-state index contributed by atoms with van der Waals surface area (Å²) in [6.45, 7) is 2.92. The number of nitrogen functional groups attached to an aromatic ring is 1. The number of nitrogens with two attached hydrogens (primary N) is 1. The number of pyridine rings is 1. The highest BCUT2D eigenvalue weighted by molar-refractivity contribution is 5.60. The molecule has 0 radical (unpaired) electrons. The van der Waals surface area contributed by atoms with Crippen LogP contribution in [0.5, 0.6) is 0 Å². The summed E-state index contributed by atoms with van der Waals surface area (Å²) >= 11 is 0. The molecule has 1 aromatic heterocycles.